The highest BCUT2D eigenvalue weighted by Gasteiger charge is 2.22. The normalized spacial score (nSPS) is 18.8. The quantitative estimate of drug-likeness (QED) is 0.612. The van der Waals surface area contributed by atoms with Crippen molar-refractivity contribution < 1.29 is 9.18 Å². The van der Waals surface area contributed by atoms with Gasteiger partial charge in [-0.15, -0.1) is 0 Å². The largest absolute Gasteiger partial charge is 0.335 e. The number of rotatable bonds is 1. The monoisotopic (exact) mass is 182 g/mol. The summed E-state index contributed by atoms with van der Waals surface area (Å²) < 4.78 is 12.7. The molecule has 0 aromatic rings. The van der Waals surface area contributed by atoms with Crippen molar-refractivity contribution in [2.24, 2.45) is 5.92 Å². The molecule has 0 saturated heterocycles. The van der Waals surface area contributed by atoms with Crippen LogP contribution in [0.1, 0.15) is 13.3 Å². The van der Waals surface area contributed by atoms with Crippen LogP contribution >= 0.6 is 0 Å². The highest BCUT2D eigenvalue weighted by atomic mass is 19.1. The number of halogens is 1. The van der Waals surface area contributed by atoms with Gasteiger partial charge in [0.2, 0.25) is 5.91 Å². The topological polar surface area (TPSA) is 44.1 Å². The van der Waals surface area contributed by atoms with Crippen molar-refractivity contribution in [3.63, 3.8) is 0 Å². The van der Waals surface area contributed by atoms with Crippen molar-refractivity contribution in [3.05, 3.63) is 11.9 Å². The Morgan fingerprint density at radius 1 is 1.85 bits per heavy atom. The van der Waals surface area contributed by atoms with E-state index in [1.165, 1.54) is 17.9 Å². The van der Waals surface area contributed by atoms with Crippen molar-refractivity contribution in [2.75, 3.05) is 13.1 Å². The Morgan fingerprint density at radius 2 is 2.54 bits per heavy atom. The summed E-state index contributed by atoms with van der Waals surface area (Å²) in [5.41, 5.74) is 0. The molecule has 70 valence electrons. The minimum atomic E-state index is -0.675. The summed E-state index contributed by atoms with van der Waals surface area (Å²) >= 11 is 0. The Bertz CT molecular complexity index is 280. The molecule has 0 saturated carbocycles. The maximum atomic E-state index is 12.7. The Labute approximate surface area is 76.4 Å². The average Bonchev–Trinajstić information content (AvgIpc) is 2.15. The van der Waals surface area contributed by atoms with Gasteiger partial charge in [-0.3, -0.25) is 4.79 Å². The molecule has 0 aromatic carbocycles. The molecule has 0 fully saturated rings. The van der Waals surface area contributed by atoms with Crippen molar-refractivity contribution >= 4 is 5.91 Å². The van der Waals surface area contributed by atoms with Crippen LogP contribution in [0.4, 0.5) is 4.39 Å². The lowest BCUT2D eigenvalue weighted by Gasteiger charge is -2.25. The molecule has 1 atom stereocenters. The van der Waals surface area contributed by atoms with Crippen LogP contribution in [0.3, 0.4) is 0 Å². The van der Waals surface area contributed by atoms with Crippen LogP contribution < -0.4 is 0 Å². The van der Waals surface area contributed by atoms with Gasteiger partial charge in [-0.05, 0) is 19.4 Å². The van der Waals surface area contributed by atoms with Crippen LogP contribution in [-0.2, 0) is 4.79 Å². The Kier molecular flexibility index (Phi) is 3.02. The number of carbonyl (C=O) groups excluding carboxylic acids is 1. The number of carbonyl (C=O) groups is 1. The maximum Gasteiger partial charge on any atom is 0.240 e. The summed E-state index contributed by atoms with van der Waals surface area (Å²) in [6.45, 7) is 2.06. The van der Waals surface area contributed by atoms with Gasteiger partial charge in [0.25, 0.3) is 0 Å². The fourth-order valence-electron chi connectivity index (χ4n) is 1.22. The smallest absolute Gasteiger partial charge is 0.240 e. The lowest BCUT2D eigenvalue weighted by Crippen LogP contribution is -2.38. The summed E-state index contributed by atoms with van der Waals surface area (Å²) in [5, 5.41) is 8.50. The van der Waals surface area contributed by atoms with E-state index in [-0.39, 0.29) is 18.3 Å². The highest BCUT2D eigenvalue weighted by molar-refractivity contribution is 5.81. The molecule has 4 heteroatoms. The van der Waals surface area contributed by atoms with Crippen LogP contribution in [0.2, 0.25) is 0 Å². The molecule has 1 aliphatic rings. The Morgan fingerprint density at radius 3 is 3.08 bits per heavy atom. The maximum absolute atomic E-state index is 12.7. The zero-order chi connectivity index (χ0) is 9.84. The van der Waals surface area contributed by atoms with Crippen molar-refractivity contribution in [3.8, 4) is 6.07 Å². The number of nitriles is 1. The van der Waals surface area contributed by atoms with Gasteiger partial charge in [-0.1, -0.05) is 0 Å². The lowest BCUT2D eigenvalue weighted by atomic mass is 10.1. The fraction of sp³-hybridized carbons (Fsp3) is 0.556. The molecule has 0 radical (unpaired) electrons. The van der Waals surface area contributed by atoms with Gasteiger partial charge in [-0.2, -0.15) is 5.26 Å². The molecule has 1 unspecified atom stereocenters. The van der Waals surface area contributed by atoms with E-state index in [0.717, 1.165) is 0 Å². The third-order valence-electron chi connectivity index (χ3n) is 1.98. The Hall–Kier alpha value is -1.37. The van der Waals surface area contributed by atoms with E-state index in [9.17, 15) is 9.18 Å². The molecule has 1 heterocycles. The predicted molar refractivity (Wildman–Crippen MR) is 45.2 cm³/mol. The molecule has 0 spiro atoms. The summed E-state index contributed by atoms with van der Waals surface area (Å²) in [7, 11) is 0. The average molecular weight is 182 g/mol. The van der Waals surface area contributed by atoms with Crippen LogP contribution in [0.25, 0.3) is 0 Å². The second-order valence-electron chi connectivity index (χ2n) is 3.05. The zero-order valence-electron chi connectivity index (χ0n) is 7.46. The molecule has 0 bridgehead atoms. The predicted octanol–water partition coefficient (Wildman–Crippen LogP) is 1.23. The number of hydrogen-bond acceptors (Lipinski definition) is 2. The van der Waals surface area contributed by atoms with Crippen LogP contribution in [-0.4, -0.2) is 23.9 Å². The van der Waals surface area contributed by atoms with Crippen LogP contribution in [0, 0.1) is 17.2 Å². The summed E-state index contributed by atoms with van der Waals surface area (Å²) in [6.07, 6.45) is 2.01. The van der Waals surface area contributed by atoms with Crippen LogP contribution in [0.15, 0.2) is 11.9 Å². The Balaban J connectivity index is 2.60. The van der Waals surface area contributed by atoms with Gasteiger partial charge in [0.1, 0.15) is 11.7 Å². The molecule has 1 rings (SSSR count). The highest BCUT2D eigenvalue weighted by Crippen LogP contribution is 2.12. The van der Waals surface area contributed by atoms with E-state index in [0.29, 0.717) is 13.0 Å². The zero-order valence-corrected chi connectivity index (χ0v) is 7.46. The SMILES string of the molecule is CC(C#N)C(=O)N1CCC=C(F)C1. The minimum Gasteiger partial charge on any atom is -0.335 e. The van der Waals surface area contributed by atoms with Gasteiger partial charge in [-0.25, -0.2) is 4.39 Å². The molecule has 1 amide bonds. The number of nitrogens with zero attached hydrogens (tertiary/aromatic N) is 2. The summed E-state index contributed by atoms with van der Waals surface area (Å²) in [5.74, 6) is -1.25. The van der Waals surface area contributed by atoms with Gasteiger partial charge < -0.3 is 4.90 Å². The molecular weight excluding hydrogens is 171 g/mol. The summed E-state index contributed by atoms with van der Waals surface area (Å²) in [4.78, 5) is 12.8. The van der Waals surface area contributed by atoms with Crippen LogP contribution in [0.5, 0.6) is 0 Å². The van der Waals surface area contributed by atoms with E-state index in [1.807, 2.05) is 6.07 Å². The molecule has 13 heavy (non-hydrogen) atoms. The van der Waals surface area contributed by atoms with Gasteiger partial charge in [0.05, 0.1) is 12.6 Å². The van der Waals surface area contributed by atoms with E-state index >= 15 is 0 Å². The first-order valence-corrected chi connectivity index (χ1v) is 4.18. The molecule has 0 aliphatic carbocycles. The van der Waals surface area contributed by atoms with Crippen molar-refractivity contribution in [1.82, 2.24) is 4.90 Å². The lowest BCUT2D eigenvalue weighted by molar-refractivity contribution is -0.133. The molecule has 0 aromatic heterocycles. The first kappa shape index (κ1) is 9.72. The molecule has 1 aliphatic heterocycles. The first-order valence-electron chi connectivity index (χ1n) is 4.18. The van der Waals surface area contributed by atoms with E-state index in [4.69, 9.17) is 5.26 Å². The van der Waals surface area contributed by atoms with Crippen molar-refractivity contribution in [2.45, 2.75) is 13.3 Å². The second-order valence-corrected chi connectivity index (χ2v) is 3.05. The number of hydrogen-bond donors (Lipinski definition) is 0. The van der Waals surface area contributed by atoms with E-state index < -0.39 is 5.92 Å². The first-order chi connectivity index (χ1) is 6.15. The fourth-order valence-corrected chi connectivity index (χ4v) is 1.22. The third kappa shape index (κ3) is 2.28. The van der Waals surface area contributed by atoms with Gasteiger partial charge >= 0.3 is 0 Å². The third-order valence-corrected chi connectivity index (χ3v) is 1.98. The number of amides is 1. The molecule has 3 nitrogen and oxygen atoms in total. The second kappa shape index (κ2) is 4.04. The minimum absolute atomic E-state index is 0.0187. The van der Waals surface area contributed by atoms with E-state index in [1.54, 1.807) is 0 Å². The molecular formula is C9H11FN2O. The summed E-state index contributed by atoms with van der Waals surface area (Å²) in [6, 6.07) is 1.84. The van der Waals surface area contributed by atoms with E-state index in [2.05, 4.69) is 0 Å². The van der Waals surface area contributed by atoms with Gasteiger partial charge in [0.15, 0.2) is 0 Å². The van der Waals surface area contributed by atoms with Crippen molar-refractivity contribution in [1.29, 1.82) is 5.26 Å². The molecule has 0 N–H and O–H groups in total. The standard InChI is InChI=1S/C9H11FN2O/c1-7(5-11)9(13)12-4-2-3-8(10)6-12/h3,7H,2,4,6H2,1H3. The van der Waals surface area contributed by atoms with Gasteiger partial charge in [0, 0.05) is 6.54 Å².